The molecule has 1 spiro atoms. The van der Waals surface area contributed by atoms with Crippen molar-refractivity contribution in [1.29, 1.82) is 0 Å². The Morgan fingerprint density at radius 3 is 2.75 bits per heavy atom. The summed E-state index contributed by atoms with van der Waals surface area (Å²) in [6.45, 7) is 2.16. The van der Waals surface area contributed by atoms with Gasteiger partial charge in [0, 0.05) is 6.42 Å². The number of piperidine rings is 1. The van der Waals surface area contributed by atoms with E-state index in [1.165, 1.54) is 12.8 Å². The minimum Gasteiger partial charge on any atom is -0.481 e. The summed E-state index contributed by atoms with van der Waals surface area (Å²) in [6.07, 6.45) is 3.91. The molecule has 0 aromatic carbocycles. The zero-order valence-electron chi connectivity index (χ0n) is 7.18. The number of rotatable bonds is 2. The molecule has 0 bridgehead atoms. The Morgan fingerprint density at radius 2 is 2.17 bits per heavy atom. The number of carboxylic acid groups (broad SMARTS) is 1. The lowest BCUT2D eigenvalue weighted by Crippen LogP contribution is -2.29. The topological polar surface area (TPSA) is 49.3 Å². The molecule has 2 aliphatic rings. The van der Waals surface area contributed by atoms with Crippen molar-refractivity contribution < 1.29 is 9.90 Å². The predicted octanol–water partition coefficient (Wildman–Crippen LogP) is 0.851. The maximum atomic E-state index is 10.5. The quantitative estimate of drug-likeness (QED) is 0.644. The summed E-state index contributed by atoms with van der Waals surface area (Å²) in [6, 6.07) is 0. The van der Waals surface area contributed by atoms with Crippen molar-refractivity contribution >= 4 is 5.97 Å². The summed E-state index contributed by atoms with van der Waals surface area (Å²) >= 11 is 0. The normalized spacial score (nSPS) is 31.8. The number of aliphatic carboxylic acids is 1. The van der Waals surface area contributed by atoms with Crippen LogP contribution in [0.5, 0.6) is 0 Å². The third-order valence-electron chi connectivity index (χ3n) is 3.38. The van der Waals surface area contributed by atoms with Crippen LogP contribution in [-0.4, -0.2) is 24.2 Å². The van der Waals surface area contributed by atoms with E-state index in [1.807, 2.05) is 0 Å². The van der Waals surface area contributed by atoms with Crippen LogP contribution >= 0.6 is 0 Å². The monoisotopic (exact) mass is 169 g/mol. The first-order chi connectivity index (χ1) is 5.73. The van der Waals surface area contributed by atoms with Gasteiger partial charge < -0.3 is 10.4 Å². The lowest BCUT2D eigenvalue weighted by molar-refractivity contribution is -0.137. The Balaban J connectivity index is 1.86. The van der Waals surface area contributed by atoms with Gasteiger partial charge in [-0.1, -0.05) is 0 Å². The fourth-order valence-corrected chi connectivity index (χ4v) is 2.47. The summed E-state index contributed by atoms with van der Waals surface area (Å²) in [5, 5.41) is 11.9. The van der Waals surface area contributed by atoms with Crippen LogP contribution in [0.1, 0.15) is 25.7 Å². The molecule has 1 aliphatic heterocycles. The molecule has 0 amide bonds. The van der Waals surface area contributed by atoms with Gasteiger partial charge in [0.15, 0.2) is 0 Å². The van der Waals surface area contributed by atoms with E-state index in [1.54, 1.807) is 0 Å². The molecule has 1 unspecified atom stereocenters. The predicted molar refractivity (Wildman–Crippen MR) is 44.9 cm³/mol. The highest BCUT2D eigenvalue weighted by atomic mass is 16.4. The van der Waals surface area contributed by atoms with Crippen molar-refractivity contribution in [2.24, 2.45) is 11.3 Å². The molecule has 12 heavy (non-hydrogen) atoms. The van der Waals surface area contributed by atoms with Gasteiger partial charge in [0.05, 0.1) is 0 Å². The van der Waals surface area contributed by atoms with Crippen molar-refractivity contribution in [3.63, 3.8) is 0 Å². The second-order valence-electron chi connectivity index (χ2n) is 4.11. The fourth-order valence-electron chi connectivity index (χ4n) is 2.47. The molecule has 1 saturated carbocycles. The van der Waals surface area contributed by atoms with Gasteiger partial charge in [0.2, 0.25) is 0 Å². The van der Waals surface area contributed by atoms with Gasteiger partial charge in [-0.2, -0.15) is 0 Å². The third-order valence-corrected chi connectivity index (χ3v) is 3.38. The number of carboxylic acids is 1. The SMILES string of the molecule is O=C(O)CC1CC12CCNCC2. The number of carbonyl (C=O) groups is 1. The van der Waals surface area contributed by atoms with E-state index in [-0.39, 0.29) is 0 Å². The summed E-state index contributed by atoms with van der Waals surface area (Å²) < 4.78 is 0. The maximum absolute atomic E-state index is 10.5. The number of hydrogen-bond acceptors (Lipinski definition) is 2. The van der Waals surface area contributed by atoms with E-state index >= 15 is 0 Å². The summed E-state index contributed by atoms with van der Waals surface area (Å²) in [4.78, 5) is 10.5. The minimum atomic E-state index is -0.629. The number of nitrogens with one attached hydrogen (secondary N) is 1. The Bertz CT molecular complexity index is 197. The summed E-state index contributed by atoms with van der Waals surface area (Å²) in [7, 11) is 0. The van der Waals surface area contributed by atoms with Crippen molar-refractivity contribution in [3.05, 3.63) is 0 Å². The van der Waals surface area contributed by atoms with Crippen molar-refractivity contribution in [2.45, 2.75) is 25.7 Å². The highest BCUT2D eigenvalue weighted by Crippen LogP contribution is 2.59. The van der Waals surface area contributed by atoms with Gasteiger partial charge in [-0.25, -0.2) is 0 Å². The second-order valence-corrected chi connectivity index (χ2v) is 4.11. The summed E-state index contributed by atoms with van der Waals surface area (Å²) in [5.74, 6) is -0.146. The molecule has 1 aliphatic carbocycles. The van der Waals surface area contributed by atoms with Crippen molar-refractivity contribution in [1.82, 2.24) is 5.32 Å². The molecule has 2 fully saturated rings. The molecule has 1 heterocycles. The van der Waals surface area contributed by atoms with Crippen LogP contribution in [-0.2, 0) is 4.79 Å². The van der Waals surface area contributed by atoms with Crippen LogP contribution in [0.15, 0.2) is 0 Å². The van der Waals surface area contributed by atoms with Gasteiger partial charge >= 0.3 is 5.97 Å². The van der Waals surface area contributed by atoms with E-state index in [4.69, 9.17) is 5.11 Å². The maximum Gasteiger partial charge on any atom is 0.303 e. The second kappa shape index (κ2) is 2.73. The first-order valence-corrected chi connectivity index (χ1v) is 4.65. The lowest BCUT2D eigenvalue weighted by atomic mass is 9.91. The zero-order chi connectivity index (χ0) is 8.60. The standard InChI is InChI=1S/C9H15NO2/c11-8(12)5-7-6-9(7)1-3-10-4-2-9/h7,10H,1-6H2,(H,11,12). The molecule has 2 N–H and O–H groups in total. The molecule has 0 radical (unpaired) electrons. The van der Waals surface area contributed by atoms with E-state index in [0.29, 0.717) is 17.8 Å². The molecular weight excluding hydrogens is 154 g/mol. The van der Waals surface area contributed by atoms with Gasteiger partial charge in [-0.3, -0.25) is 4.79 Å². The first-order valence-electron chi connectivity index (χ1n) is 4.65. The molecule has 0 aromatic rings. The van der Waals surface area contributed by atoms with Crippen LogP contribution < -0.4 is 5.32 Å². The molecule has 68 valence electrons. The Hall–Kier alpha value is -0.570. The molecule has 2 rings (SSSR count). The minimum absolute atomic E-state index is 0.389. The molecule has 0 aromatic heterocycles. The smallest absolute Gasteiger partial charge is 0.303 e. The Labute approximate surface area is 72.2 Å². The van der Waals surface area contributed by atoms with Crippen LogP contribution in [0.25, 0.3) is 0 Å². The van der Waals surface area contributed by atoms with E-state index in [2.05, 4.69) is 5.32 Å². The van der Waals surface area contributed by atoms with Crippen LogP contribution in [0, 0.1) is 11.3 Å². The van der Waals surface area contributed by atoms with E-state index in [9.17, 15) is 4.79 Å². The van der Waals surface area contributed by atoms with Crippen molar-refractivity contribution in [2.75, 3.05) is 13.1 Å². The van der Waals surface area contributed by atoms with Gasteiger partial charge in [-0.15, -0.1) is 0 Å². The summed E-state index contributed by atoms with van der Waals surface area (Å²) in [5.41, 5.74) is 0.434. The molecular formula is C9H15NO2. The molecule has 1 saturated heterocycles. The first kappa shape index (κ1) is 8.05. The Kier molecular flexibility index (Phi) is 1.83. The molecule has 1 atom stereocenters. The lowest BCUT2D eigenvalue weighted by Gasteiger charge is -2.23. The van der Waals surface area contributed by atoms with Gasteiger partial charge in [0.1, 0.15) is 0 Å². The van der Waals surface area contributed by atoms with Crippen molar-refractivity contribution in [3.8, 4) is 0 Å². The van der Waals surface area contributed by atoms with Gasteiger partial charge in [-0.05, 0) is 43.7 Å². The highest BCUT2D eigenvalue weighted by molar-refractivity contribution is 5.67. The van der Waals surface area contributed by atoms with Crippen LogP contribution in [0.3, 0.4) is 0 Å². The zero-order valence-corrected chi connectivity index (χ0v) is 7.18. The largest absolute Gasteiger partial charge is 0.481 e. The average Bonchev–Trinajstić information content (AvgIpc) is 2.63. The van der Waals surface area contributed by atoms with E-state index < -0.39 is 5.97 Å². The fraction of sp³-hybridized carbons (Fsp3) is 0.889. The molecule has 3 nitrogen and oxygen atoms in total. The third kappa shape index (κ3) is 1.33. The average molecular weight is 169 g/mol. The van der Waals surface area contributed by atoms with Gasteiger partial charge in [0.25, 0.3) is 0 Å². The Morgan fingerprint density at radius 1 is 1.50 bits per heavy atom. The van der Waals surface area contributed by atoms with Crippen LogP contribution in [0.2, 0.25) is 0 Å². The number of hydrogen-bond donors (Lipinski definition) is 2. The molecule has 3 heteroatoms. The van der Waals surface area contributed by atoms with Crippen LogP contribution in [0.4, 0.5) is 0 Å². The highest BCUT2D eigenvalue weighted by Gasteiger charge is 2.54. The van der Waals surface area contributed by atoms with E-state index in [0.717, 1.165) is 19.5 Å².